The standard InChI is InChI=1S/C12H22N2O3/c1-10-2-6-14(7-3-10)12(16)5-9-17-8-4-11(13)15/h10H,2-9H2,1H3,(H2,13,15). The average molecular weight is 242 g/mol. The van der Waals surface area contributed by atoms with Gasteiger partial charge in [0.25, 0.3) is 0 Å². The van der Waals surface area contributed by atoms with Crippen LogP contribution < -0.4 is 5.73 Å². The largest absolute Gasteiger partial charge is 0.380 e. The molecule has 1 heterocycles. The van der Waals surface area contributed by atoms with E-state index in [1.807, 2.05) is 4.90 Å². The lowest BCUT2D eigenvalue weighted by Gasteiger charge is -2.30. The van der Waals surface area contributed by atoms with Crippen LogP contribution in [0.2, 0.25) is 0 Å². The third kappa shape index (κ3) is 5.68. The van der Waals surface area contributed by atoms with Crippen molar-refractivity contribution >= 4 is 11.8 Å². The first kappa shape index (κ1) is 14.0. The Morgan fingerprint density at radius 2 is 1.82 bits per heavy atom. The molecule has 1 saturated heterocycles. The van der Waals surface area contributed by atoms with Crippen molar-refractivity contribution in [3.63, 3.8) is 0 Å². The summed E-state index contributed by atoms with van der Waals surface area (Å²) in [5.74, 6) is 0.503. The number of hydrogen-bond donors (Lipinski definition) is 1. The van der Waals surface area contributed by atoms with E-state index in [4.69, 9.17) is 10.5 Å². The Morgan fingerprint density at radius 3 is 2.41 bits per heavy atom. The number of carbonyl (C=O) groups excluding carboxylic acids is 2. The molecule has 1 fully saturated rings. The minimum atomic E-state index is -0.374. The summed E-state index contributed by atoms with van der Waals surface area (Å²) in [5, 5.41) is 0. The van der Waals surface area contributed by atoms with Crippen molar-refractivity contribution in [1.82, 2.24) is 4.90 Å². The fraction of sp³-hybridized carbons (Fsp3) is 0.833. The van der Waals surface area contributed by atoms with Gasteiger partial charge >= 0.3 is 0 Å². The summed E-state index contributed by atoms with van der Waals surface area (Å²) in [5.41, 5.74) is 4.97. The highest BCUT2D eigenvalue weighted by molar-refractivity contribution is 5.76. The van der Waals surface area contributed by atoms with Crippen LogP contribution in [0.1, 0.15) is 32.6 Å². The van der Waals surface area contributed by atoms with Gasteiger partial charge in [0.2, 0.25) is 11.8 Å². The summed E-state index contributed by atoms with van der Waals surface area (Å²) < 4.78 is 5.18. The average Bonchev–Trinajstić information content (AvgIpc) is 2.29. The summed E-state index contributed by atoms with van der Waals surface area (Å²) in [6, 6.07) is 0. The molecule has 0 aromatic heterocycles. The molecule has 98 valence electrons. The van der Waals surface area contributed by atoms with Crippen LogP contribution in [-0.2, 0) is 14.3 Å². The van der Waals surface area contributed by atoms with E-state index >= 15 is 0 Å². The van der Waals surface area contributed by atoms with Crippen LogP contribution in [-0.4, -0.2) is 43.0 Å². The summed E-state index contributed by atoms with van der Waals surface area (Å²) >= 11 is 0. The Hall–Kier alpha value is -1.10. The molecule has 5 heteroatoms. The molecule has 17 heavy (non-hydrogen) atoms. The molecule has 5 nitrogen and oxygen atoms in total. The zero-order valence-corrected chi connectivity index (χ0v) is 10.5. The number of ether oxygens (including phenoxy) is 1. The van der Waals surface area contributed by atoms with Gasteiger partial charge in [0.05, 0.1) is 19.6 Å². The van der Waals surface area contributed by atoms with Crippen LogP contribution in [0.3, 0.4) is 0 Å². The zero-order chi connectivity index (χ0) is 12.7. The maximum atomic E-state index is 11.8. The van der Waals surface area contributed by atoms with Crippen LogP contribution in [0.5, 0.6) is 0 Å². The highest BCUT2D eigenvalue weighted by Crippen LogP contribution is 2.16. The molecule has 1 aliphatic heterocycles. The summed E-state index contributed by atoms with van der Waals surface area (Å²) in [6.45, 7) is 4.62. The number of rotatable bonds is 6. The van der Waals surface area contributed by atoms with E-state index in [2.05, 4.69) is 6.92 Å². The van der Waals surface area contributed by atoms with Gasteiger partial charge in [-0.2, -0.15) is 0 Å². The van der Waals surface area contributed by atoms with Gasteiger partial charge in [0.15, 0.2) is 0 Å². The van der Waals surface area contributed by atoms with Crippen LogP contribution >= 0.6 is 0 Å². The zero-order valence-electron chi connectivity index (χ0n) is 10.5. The third-order valence-corrected chi connectivity index (χ3v) is 3.09. The van der Waals surface area contributed by atoms with E-state index < -0.39 is 0 Å². The van der Waals surface area contributed by atoms with Crippen LogP contribution in [0, 0.1) is 5.92 Å². The first-order valence-corrected chi connectivity index (χ1v) is 6.23. The molecule has 0 unspecified atom stereocenters. The minimum absolute atomic E-state index is 0.149. The Kier molecular flexibility index (Phi) is 5.97. The van der Waals surface area contributed by atoms with Crippen LogP contribution in [0.4, 0.5) is 0 Å². The lowest BCUT2D eigenvalue weighted by molar-refractivity contribution is -0.133. The molecule has 0 aliphatic carbocycles. The van der Waals surface area contributed by atoms with E-state index in [9.17, 15) is 9.59 Å². The Morgan fingerprint density at radius 1 is 1.24 bits per heavy atom. The Bertz CT molecular complexity index is 260. The first-order chi connectivity index (χ1) is 8.09. The van der Waals surface area contributed by atoms with Crippen molar-refractivity contribution in [2.24, 2.45) is 11.7 Å². The second kappa shape index (κ2) is 7.27. The van der Waals surface area contributed by atoms with Gasteiger partial charge < -0.3 is 15.4 Å². The number of amides is 2. The Balaban J connectivity index is 2.06. The molecular formula is C12H22N2O3. The van der Waals surface area contributed by atoms with Crippen molar-refractivity contribution in [1.29, 1.82) is 0 Å². The second-order valence-electron chi connectivity index (χ2n) is 4.64. The van der Waals surface area contributed by atoms with E-state index in [0.29, 0.717) is 19.6 Å². The number of primary amides is 1. The summed E-state index contributed by atoms with van der Waals surface area (Å²) in [4.78, 5) is 24.1. The summed E-state index contributed by atoms with van der Waals surface area (Å²) in [6.07, 6.45) is 2.80. The number of nitrogens with two attached hydrogens (primary N) is 1. The quantitative estimate of drug-likeness (QED) is 0.690. The lowest BCUT2D eigenvalue weighted by Crippen LogP contribution is -2.38. The van der Waals surface area contributed by atoms with Crippen molar-refractivity contribution in [3.05, 3.63) is 0 Å². The SMILES string of the molecule is CC1CCN(C(=O)CCOCCC(N)=O)CC1. The molecule has 2 N–H and O–H groups in total. The van der Waals surface area contributed by atoms with Gasteiger partial charge in [-0.25, -0.2) is 0 Å². The highest BCUT2D eigenvalue weighted by atomic mass is 16.5. The van der Waals surface area contributed by atoms with Crippen molar-refractivity contribution < 1.29 is 14.3 Å². The monoisotopic (exact) mass is 242 g/mol. The molecule has 0 aromatic carbocycles. The molecule has 0 radical (unpaired) electrons. The molecule has 1 aliphatic rings. The van der Waals surface area contributed by atoms with Gasteiger partial charge in [-0.1, -0.05) is 6.92 Å². The van der Waals surface area contributed by atoms with E-state index in [-0.39, 0.29) is 18.2 Å². The molecule has 0 bridgehead atoms. The number of nitrogens with zero attached hydrogens (tertiary/aromatic N) is 1. The number of likely N-dealkylation sites (tertiary alicyclic amines) is 1. The predicted molar refractivity (Wildman–Crippen MR) is 64.2 cm³/mol. The molecule has 1 rings (SSSR count). The van der Waals surface area contributed by atoms with Crippen molar-refractivity contribution in [3.8, 4) is 0 Å². The van der Waals surface area contributed by atoms with E-state index in [1.165, 1.54) is 0 Å². The van der Waals surface area contributed by atoms with Gasteiger partial charge in [-0.15, -0.1) is 0 Å². The summed E-state index contributed by atoms with van der Waals surface area (Å²) in [7, 11) is 0. The van der Waals surface area contributed by atoms with E-state index in [1.54, 1.807) is 0 Å². The van der Waals surface area contributed by atoms with E-state index in [0.717, 1.165) is 31.8 Å². The molecule has 0 saturated carbocycles. The minimum Gasteiger partial charge on any atom is -0.380 e. The molecule has 0 aromatic rings. The van der Waals surface area contributed by atoms with Gasteiger partial charge in [-0.05, 0) is 18.8 Å². The number of piperidine rings is 1. The van der Waals surface area contributed by atoms with Crippen molar-refractivity contribution in [2.75, 3.05) is 26.3 Å². The normalized spacial score (nSPS) is 17.1. The van der Waals surface area contributed by atoms with Gasteiger partial charge in [0, 0.05) is 19.5 Å². The number of hydrogen-bond acceptors (Lipinski definition) is 3. The fourth-order valence-corrected chi connectivity index (χ4v) is 1.85. The topological polar surface area (TPSA) is 72.6 Å². The Labute approximate surface area is 102 Å². The van der Waals surface area contributed by atoms with Crippen molar-refractivity contribution in [2.45, 2.75) is 32.6 Å². The van der Waals surface area contributed by atoms with Gasteiger partial charge in [0.1, 0.15) is 0 Å². The predicted octanol–water partition coefficient (Wildman–Crippen LogP) is 0.527. The highest BCUT2D eigenvalue weighted by Gasteiger charge is 2.19. The van der Waals surface area contributed by atoms with Crippen LogP contribution in [0.25, 0.3) is 0 Å². The maximum absolute atomic E-state index is 11.8. The third-order valence-electron chi connectivity index (χ3n) is 3.09. The smallest absolute Gasteiger partial charge is 0.224 e. The first-order valence-electron chi connectivity index (χ1n) is 6.23. The molecule has 0 atom stereocenters. The van der Waals surface area contributed by atoms with Gasteiger partial charge in [-0.3, -0.25) is 9.59 Å². The number of carbonyl (C=O) groups is 2. The van der Waals surface area contributed by atoms with Crippen LogP contribution in [0.15, 0.2) is 0 Å². The molecule has 2 amide bonds. The fourth-order valence-electron chi connectivity index (χ4n) is 1.85. The lowest BCUT2D eigenvalue weighted by atomic mass is 9.99. The molecular weight excluding hydrogens is 220 g/mol. The second-order valence-corrected chi connectivity index (χ2v) is 4.64. The molecule has 0 spiro atoms. The maximum Gasteiger partial charge on any atom is 0.224 e.